The number of hydrogen-bond donors (Lipinski definition) is 1. The Kier molecular flexibility index (Phi) is 10.5. The molecular formula is C22H28O4. The van der Waals surface area contributed by atoms with Crippen LogP contribution in [0.5, 0.6) is 0 Å². The number of carbonyl (C=O) groups is 2. The summed E-state index contributed by atoms with van der Waals surface area (Å²) in [4.78, 5) is 21.7. The molecule has 0 aliphatic rings. The molecule has 26 heavy (non-hydrogen) atoms. The molecular weight excluding hydrogens is 328 g/mol. The Balaban J connectivity index is 0.000000260. The molecule has 0 spiro atoms. The van der Waals surface area contributed by atoms with Crippen LogP contribution in [0.4, 0.5) is 0 Å². The molecule has 0 aliphatic carbocycles. The van der Waals surface area contributed by atoms with Crippen LogP contribution < -0.4 is 0 Å². The molecule has 2 aromatic rings. The van der Waals surface area contributed by atoms with E-state index in [1.807, 2.05) is 74.5 Å². The molecule has 2 aromatic carbocycles. The molecule has 0 saturated heterocycles. The van der Waals surface area contributed by atoms with Gasteiger partial charge in [-0.05, 0) is 30.4 Å². The zero-order valence-corrected chi connectivity index (χ0v) is 15.6. The Morgan fingerprint density at radius 2 is 1.46 bits per heavy atom. The molecule has 0 amide bonds. The van der Waals surface area contributed by atoms with E-state index in [1.54, 1.807) is 0 Å². The van der Waals surface area contributed by atoms with E-state index in [0.29, 0.717) is 25.9 Å². The number of carbonyl (C=O) groups excluding carboxylic acids is 1. The van der Waals surface area contributed by atoms with Crippen LogP contribution in [0.25, 0.3) is 0 Å². The van der Waals surface area contributed by atoms with Gasteiger partial charge in [0.1, 0.15) is 6.61 Å². The SMILES string of the molecule is CCC(Cc1ccccc1)C(=O)O.CCCC(=O)OCc1ccccc1. The third-order valence-electron chi connectivity index (χ3n) is 3.86. The first-order valence-electron chi connectivity index (χ1n) is 9.03. The lowest BCUT2D eigenvalue weighted by Crippen LogP contribution is -2.15. The number of ether oxygens (including phenoxy) is 1. The van der Waals surface area contributed by atoms with Crippen molar-refractivity contribution < 1.29 is 19.4 Å². The molecule has 1 unspecified atom stereocenters. The van der Waals surface area contributed by atoms with Crippen molar-refractivity contribution in [2.45, 2.75) is 46.1 Å². The number of hydrogen-bond acceptors (Lipinski definition) is 3. The molecule has 0 aliphatic heterocycles. The van der Waals surface area contributed by atoms with Crippen molar-refractivity contribution in [1.29, 1.82) is 0 Å². The molecule has 1 atom stereocenters. The summed E-state index contributed by atoms with van der Waals surface area (Å²) < 4.78 is 5.03. The second-order valence-electron chi connectivity index (χ2n) is 6.03. The average molecular weight is 356 g/mol. The van der Waals surface area contributed by atoms with Gasteiger partial charge in [0.05, 0.1) is 5.92 Å². The minimum absolute atomic E-state index is 0.119. The lowest BCUT2D eigenvalue weighted by molar-refractivity contribution is -0.145. The smallest absolute Gasteiger partial charge is 0.306 e. The first kappa shape index (κ1) is 21.4. The number of rotatable bonds is 8. The molecule has 0 radical (unpaired) electrons. The van der Waals surface area contributed by atoms with Crippen molar-refractivity contribution in [2.75, 3.05) is 0 Å². The maximum absolute atomic E-state index is 11.0. The molecule has 4 nitrogen and oxygen atoms in total. The molecule has 0 aromatic heterocycles. The number of esters is 1. The summed E-state index contributed by atoms with van der Waals surface area (Å²) in [6.45, 7) is 4.26. The monoisotopic (exact) mass is 356 g/mol. The van der Waals surface area contributed by atoms with Crippen molar-refractivity contribution >= 4 is 11.9 Å². The van der Waals surface area contributed by atoms with Gasteiger partial charge < -0.3 is 9.84 Å². The zero-order chi connectivity index (χ0) is 19.2. The highest BCUT2D eigenvalue weighted by molar-refractivity contribution is 5.70. The number of carboxylic acids is 1. The van der Waals surface area contributed by atoms with Crippen LogP contribution in [0.1, 0.15) is 44.2 Å². The number of benzene rings is 2. The second-order valence-corrected chi connectivity index (χ2v) is 6.03. The van der Waals surface area contributed by atoms with E-state index in [0.717, 1.165) is 17.5 Å². The fourth-order valence-corrected chi connectivity index (χ4v) is 2.32. The normalized spacial score (nSPS) is 11.0. The highest BCUT2D eigenvalue weighted by Crippen LogP contribution is 2.11. The largest absolute Gasteiger partial charge is 0.481 e. The average Bonchev–Trinajstić information content (AvgIpc) is 2.66. The number of carboxylic acid groups (broad SMARTS) is 1. The fourth-order valence-electron chi connectivity index (χ4n) is 2.32. The van der Waals surface area contributed by atoms with Gasteiger partial charge in [-0.3, -0.25) is 9.59 Å². The van der Waals surface area contributed by atoms with Crippen LogP contribution in [-0.4, -0.2) is 17.0 Å². The van der Waals surface area contributed by atoms with Crippen molar-refractivity contribution in [3.8, 4) is 0 Å². The lowest BCUT2D eigenvalue weighted by Gasteiger charge is -2.08. The lowest BCUT2D eigenvalue weighted by atomic mass is 9.97. The van der Waals surface area contributed by atoms with Gasteiger partial charge in [0.2, 0.25) is 0 Å². The van der Waals surface area contributed by atoms with Gasteiger partial charge in [-0.25, -0.2) is 0 Å². The summed E-state index contributed by atoms with van der Waals surface area (Å²) in [5, 5.41) is 8.83. The van der Waals surface area contributed by atoms with Gasteiger partial charge >= 0.3 is 11.9 Å². The molecule has 0 saturated carbocycles. The van der Waals surface area contributed by atoms with Crippen LogP contribution in [0.2, 0.25) is 0 Å². The van der Waals surface area contributed by atoms with E-state index < -0.39 is 5.97 Å². The van der Waals surface area contributed by atoms with Crippen molar-refractivity contribution in [2.24, 2.45) is 5.92 Å². The third kappa shape index (κ3) is 9.02. The van der Waals surface area contributed by atoms with E-state index in [1.165, 1.54) is 0 Å². The highest BCUT2D eigenvalue weighted by Gasteiger charge is 2.14. The van der Waals surface area contributed by atoms with E-state index >= 15 is 0 Å². The molecule has 0 fully saturated rings. The zero-order valence-electron chi connectivity index (χ0n) is 15.6. The Hall–Kier alpha value is -2.62. The number of aliphatic carboxylic acids is 1. The van der Waals surface area contributed by atoms with Crippen LogP contribution in [-0.2, 0) is 27.4 Å². The first-order valence-corrected chi connectivity index (χ1v) is 9.03. The minimum Gasteiger partial charge on any atom is -0.481 e. The molecule has 4 heteroatoms. The van der Waals surface area contributed by atoms with Crippen LogP contribution in [0.15, 0.2) is 60.7 Å². The van der Waals surface area contributed by atoms with E-state index in [2.05, 4.69) is 0 Å². The summed E-state index contributed by atoms with van der Waals surface area (Å²) in [6.07, 6.45) is 2.66. The Bertz CT molecular complexity index is 636. The van der Waals surface area contributed by atoms with E-state index in [-0.39, 0.29) is 11.9 Å². The quantitative estimate of drug-likeness (QED) is 0.685. The molecule has 1 N–H and O–H groups in total. The van der Waals surface area contributed by atoms with Crippen LogP contribution in [0, 0.1) is 5.92 Å². The molecule has 0 bridgehead atoms. The molecule has 140 valence electrons. The summed E-state index contributed by atoms with van der Waals surface area (Å²) in [5.41, 5.74) is 2.13. The van der Waals surface area contributed by atoms with E-state index in [4.69, 9.17) is 9.84 Å². The maximum Gasteiger partial charge on any atom is 0.306 e. The minimum atomic E-state index is -0.702. The summed E-state index contributed by atoms with van der Waals surface area (Å²) in [7, 11) is 0. The van der Waals surface area contributed by atoms with Crippen molar-refractivity contribution in [3.63, 3.8) is 0 Å². The van der Waals surface area contributed by atoms with Crippen molar-refractivity contribution in [1.82, 2.24) is 0 Å². The predicted molar refractivity (Wildman–Crippen MR) is 103 cm³/mol. The summed E-state index contributed by atoms with van der Waals surface area (Å²) in [6, 6.07) is 19.4. The van der Waals surface area contributed by atoms with Gasteiger partial charge in [0, 0.05) is 6.42 Å². The van der Waals surface area contributed by atoms with E-state index in [9.17, 15) is 9.59 Å². The first-order chi connectivity index (χ1) is 12.6. The molecule has 0 heterocycles. The van der Waals surface area contributed by atoms with Gasteiger partial charge in [-0.1, -0.05) is 74.5 Å². The highest BCUT2D eigenvalue weighted by atomic mass is 16.5. The van der Waals surface area contributed by atoms with Crippen LogP contribution in [0.3, 0.4) is 0 Å². The molecule has 2 rings (SSSR count). The van der Waals surface area contributed by atoms with Crippen LogP contribution >= 0.6 is 0 Å². The predicted octanol–water partition coefficient (Wildman–Crippen LogP) is 4.87. The Morgan fingerprint density at radius 1 is 0.923 bits per heavy atom. The van der Waals surface area contributed by atoms with Crippen molar-refractivity contribution in [3.05, 3.63) is 71.8 Å². The second kappa shape index (κ2) is 12.7. The van der Waals surface area contributed by atoms with Gasteiger partial charge in [0.25, 0.3) is 0 Å². The third-order valence-corrected chi connectivity index (χ3v) is 3.86. The fraction of sp³-hybridized carbons (Fsp3) is 0.364. The van der Waals surface area contributed by atoms with Gasteiger partial charge in [-0.15, -0.1) is 0 Å². The maximum atomic E-state index is 11.0. The van der Waals surface area contributed by atoms with Gasteiger partial charge in [0.15, 0.2) is 0 Å². The Morgan fingerprint density at radius 3 is 1.92 bits per heavy atom. The standard InChI is InChI=1S/2C11H14O2/c1-2-10(11(12)13)8-9-6-4-3-5-7-9;1-2-6-11(12)13-9-10-7-4-3-5-8-10/h3-7,10H,2,8H2,1H3,(H,12,13);3-5,7-8H,2,6,9H2,1H3. The summed E-state index contributed by atoms with van der Waals surface area (Å²) in [5.74, 6) is -1.07. The van der Waals surface area contributed by atoms with Gasteiger partial charge in [-0.2, -0.15) is 0 Å². The Labute approximate surface area is 155 Å². The topological polar surface area (TPSA) is 63.6 Å². The summed E-state index contributed by atoms with van der Waals surface area (Å²) >= 11 is 0.